The van der Waals surface area contributed by atoms with Crippen molar-refractivity contribution in [3.05, 3.63) is 29.8 Å². The maximum Gasteiger partial charge on any atom is 0.122 e. The molecule has 112 valence electrons. The van der Waals surface area contributed by atoms with Gasteiger partial charge in [-0.05, 0) is 56.9 Å². The van der Waals surface area contributed by atoms with E-state index in [2.05, 4.69) is 23.1 Å². The summed E-state index contributed by atoms with van der Waals surface area (Å²) < 4.78 is 5.93. The van der Waals surface area contributed by atoms with Crippen LogP contribution in [0.25, 0.3) is 0 Å². The minimum atomic E-state index is 0.675. The normalized spacial score (nSPS) is 16.9. The largest absolute Gasteiger partial charge is 0.493 e. The minimum Gasteiger partial charge on any atom is -0.493 e. The Morgan fingerprint density at radius 2 is 1.80 bits per heavy atom. The zero-order valence-corrected chi connectivity index (χ0v) is 12.5. The van der Waals surface area contributed by atoms with E-state index in [0.29, 0.717) is 6.54 Å². The van der Waals surface area contributed by atoms with Crippen LogP contribution in [0.5, 0.6) is 5.75 Å². The first-order valence-corrected chi connectivity index (χ1v) is 8.03. The van der Waals surface area contributed by atoms with Crippen molar-refractivity contribution >= 4 is 0 Å². The molecule has 1 aliphatic heterocycles. The molecule has 0 bridgehead atoms. The molecule has 20 heavy (non-hydrogen) atoms. The van der Waals surface area contributed by atoms with Crippen LogP contribution >= 0.6 is 0 Å². The Balaban J connectivity index is 1.70. The highest BCUT2D eigenvalue weighted by molar-refractivity contribution is 5.33. The van der Waals surface area contributed by atoms with Gasteiger partial charge in [-0.15, -0.1) is 0 Å². The number of nitrogens with two attached hydrogens (primary N) is 1. The van der Waals surface area contributed by atoms with E-state index in [1.54, 1.807) is 0 Å². The highest BCUT2D eigenvalue weighted by atomic mass is 16.5. The van der Waals surface area contributed by atoms with E-state index in [1.165, 1.54) is 50.9 Å². The second-order valence-electron chi connectivity index (χ2n) is 5.60. The number of likely N-dealkylation sites (tertiary alicyclic amines) is 1. The Morgan fingerprint density at radius 1 is 1.05 bits per heavy atom. The fourth-order valence-corrected chi connectivity index (χ4v) is 2.84. The van der Waals surface area contributed by atoms with Crippen molar-refractivity contribution in [1.29, 1.82) is 0 Å². The van der Waals surface area contributed by atoms with Crippen LogP contribution in [-0.4, -0.2) is 37.7 Å². The highest BCUT2D eigenvalue weighted by Crippen LogP contribution is 2.18. The van der Waals surface area contributed by atoms with Crippen molar-refractivity contribution < 1.29 is 4.74 Å². The Kier molecular flexibility index (Phi) is 6.89. The molecule has 1 aliphatic rings. The zero-order chi connectivity index (χ0) is 14.0. The molecule has 3 nitrogen and oxygen atoms in total. The molecule has 0 saturated carbocycles. The van der Waals surface area contributed by atoms with Crippen molar-refractivity contribution in [2.24, 2.45) is 5.73 Å². The molecule has 0 atom stereocenters. The van der Waals surface area contributed by atoms with Crippen LogP contribution in [-0.2, 0) is 6.42 Å². The van der Waals surface area contributed by atoms with Gasteiger partial charge in [0.05, 0.1) is 6.61 Å². The van der Waals surface area contributed by atoms with Crippen molar-refractivity contribution in [1.82, 2.24) is 4.90 Å². The fourth-order valence-electron chi connectivity index (χ4n) is 2.84. The Morgan fingerprint density at radius 3 is 2.55 bits per heavy atom. The van der Waals surface area contributed by atoms with E-state index < -0.39 is 0 Å². The van der Waals surface area contributed by atoms with Crippen molar-refractivity contribution in [3.8, 4) is 5.75 Å². The number of nitrogens with zero attached hydrogens (tertiary/aromatic N) is 1. The van der Waals surface area contributed by atoms with E-state index in [9.17, 15) is 0 Å². The van der Waals surface area contributed by atoms with Gasteiger partial charge in [-0.1, -0.05) is 31.0 Å². The van der Waals surface area contributed by atoms with Gasteiger partial charge in [0.1, 0.15) is 5.75 Å². The van der Waals surface area contributed by atoms with E-state index in [4.69, 9.17) is 10.5 Å². The van der Waals surface area contributed by atoms with Gasteiger partial charge in [-0.3, -0.25) is 0 Å². The van der Waals surface area contributed by atoms with E-state index >= 15 is 0 Å². The molecule has 0 aromatic heterocycles. The van der Waals surface area contributed by atoms with Crippen molar-refractivity contribution in [3.63, 3.8) is 0 Å². The lowest BCUT2D eigenvalue weighted by molar-refractivity contribution is 0.239. The lowest BCUT2D eigenvalue weighted by atomic mass is 10.1. The first-order valence-electron chi connectivity index (χ1n) is 8.03. The summed E-state index contributed by atoms with van der Waals surface area (Å²) in [4.78, 5) is 2.59. The molecular weight excluding hydrogens is 248 g/mol. The van der Waals surface area contributed by atoms with Gasteiger partial charge >= 0.3 is 0 Å². The highest BCUT2D eigenvalue weighted by Gasteiger charge is 2.08. The van der Waals surface area contributed by atoms with Crippen LogP contribution < -0.4 is 10.5 Å². The average molecular weight is 276 g/mol. The summed E-state index contributed by atoms with van der Waals surface area (Å²) in [6.45, 7) is 5.18. The van der Waals surface area contributed by atoms with E-state index in [0.717, 1.165) is 25.2 Å². The molecule has 1 saturated heterocycles. The standard InChI is InChI=1S/C17H28N2O/c18-11-10-16-8-3-4-9-17(16)20-15-7-14-19-12-5-1-2-6-13-19/h3-4,8-9H,1-2,5-7,10-15,18H2. The molecule has 1 aromatic carbocycles. The summed E-state index contributed by atoms with van der Waals surface area (Å²) in [7, 11) is 0. The predicted octanol–water partition coefficient (Wildman–Crippen LogP) is 2.83. The summed E-state index contributed by atoms with van der Waals surface area (Å²) in [6, 6.07) is 8.24. The van der Waals surface area contributed by atoms with Crippen LogP contribution in [0.1, 0.15) is 37.7 Å². The molecule has 0 amide bonds. The Labute approximate surface area is 123 Å². The van der Waals surface area contributed by atoms with Crippen molar-refractivity contribution in [2.45, 2.75) is 38.5 Å². The number of benzene rings is 1. The third kappa shape index (κ3) is 5.14. The molecule has 0 unspecified atom stereocenters. The number of para-hydroxylation sites is 1. The summed E-state index contributed by atoms with van der Waals surface area (Å²) in [5.74, 6) is 1.01. The lowest BCUT2D eigenvalue weighted by Gasteiger charge is -2.19. The third-order valence-electron chi connectivity index (χ3n) is 3.96. The molecule has 1 fully saturated rings. The molecule has 2 N–H and O–H groups in total. The summed E-state index contributed by atoms with van der Waals surface area (Å²) in [6.07, 6.45) is 7.53. The maximum atomic E-state index is 5.93. The summed E-state index contributed by atoms with van der Waals surface area (Å²) in [5.41, 5.74) is 6.86. The molecule has 0 radical (unpaired) electrons. The topological polar surface area (TPSA) is 38.5 Å². The minimum absolute atomic E-state index is 0.675. The van der Waals surface area contributed by atoms with Crippen LogP contribution in [0.2, 0.25) is 0 Å². The Bertz CT molecular complexity index is 373. The Hall–Kier alpha value is -1.06. The van der Waals surface area contributed by atoms with Crippen LogP contribution in [0.15, 0.2) is 24.3 Å². The summed E-state index contributed by atoms with van der Waals surface area (Å²) in [5, 5.41) is 0. The van der Waals surface area contributed by atoms with Gasteiger partial charge in [0.15, 0.2) is 0 Å². The number of rotatable bonds is 7. The average Bonchev–Trinajstić information content (AvgIpc) is 2.74. The smallest absolute Gasteiger partial charge is 0.122 e. The van der Waals surface area contributed by atoms with E-state index in [-0.39, 0.29) is 0 Å². The summed E-state index contributed by atoms with van der Waals surface area (Å²) >= 11 is 0. The molecular formula is C17H28N2O. The number of hydrogen-bond acceptors (Lipinski definition) is 3. The molecule has 3 heteroatoms. The molecule has 1 heterocycles. The molecule has 0 spiro atoms. The second kappa shape index (κ2) is 8.98. The molecule has 0 aliphatic carbocycles. The number of ether oxygens (including phenoxy) is 1. The fraction of sp³-hybridized carbons (Fsp3) is 0.647. The monoisotopic (exact) mass is 276 g/mol. The molecule has 2 rings (SSSR count). The van der Waals surface area contributed by atoms with Gasteiger partial charge in [0.2, 0.25) is 0 Å². The second-order valence-corrected chi connectivity index (χ2v) is 5.60. The van der Waals surface area contributed by atoms with Crippen LogP contribution in [0.3, 0.4) is 0 Å². The maximum absolute atomic E-state index is 5.93. The van der Waals surface area contributed by atoms with Gasteiger partial charge < -0.3 is 15.4 Å². The SMILES string of the molecule is NCCc1ccccc1OCCCN1CCCCCC1. The third-order valence-corrected chi connectivity index (χ3v) is 3.96. The first kappa shape index (κ1) is 15.3. The first-order chi connectivity index (χ1) is 9.90. The van der Waals surface area contributed by atoms with Gasteiger partial charge in [-0.25, -0.2) is 0 Å². The quantitative estimate of drug-likeness (QED) is 0.778. The molecule has 1 aromatic rings. The predicted molar refractivity (Wildman–Crippen MR) is 84.2 cm³/mol. The van der Waals surface area contributed by atoms with Crippen molar-refractivity contribution in [2.75, 3.05) is 32.8 Å². The number of hydrogen-bond donors (Lipinski definition) is 1. The van der Waals surface area contributed by atoms with Crippen LogP contribution in [0.4, 0.5) is 0 Å². The van der Waals surface area contributed by atoms with Gasteiger partial charge in [-0.2, -0.15) is 0 Å². The lowest BCUT2D eigenvalue weighted by Crippen LogP contribution is -2.26. The van der Waals surface area contributed by atoms with E-state index in [1.807, 2.05) is 6.07 Å². The van der Waals surface area contributed by atoms with Gasteiger partial charge in [0.25, 0.3) is 0 Å². The zero-order valence-electron chi connectivity index (χ0n) is 12.5. The van der Waals surface area contributed by atoms with Crippen LogP contribution in [0, 0.1) is 0 Å². The van der Waals surface area contributed by atoms with Gasteiger partial charge in [0, 0.05) is 6.54 Å².